The van der Waals surface area contributed by atoms with Crippen LogP contribution in [0.4, 0.5) is 0 Å². The minimum Gasteiger partial charge on any atom is -0.467 e. The van der Waals surface area contributed by atoms with Crippen LogP contribution in [0.5, 0.6) is 0 Å². The van der Waals surface area contributed by atoms with Crippen molar-refractivity contribution in [2.75, 3.05) is 14.2 Å². The number of carbonyl (C=O) groups is 4. The molecule has 0 heterocycles. The normalized spacial score (nSPS) is 12.8. The molecule has 0 radical (unpaired) electrons. The Kier molecular flexibility index (Phi) is 10.7. The monoisotopic (exact) mass is 498 g/mol. The van der Waals surface area contributed by atoms with E-state index >= 15 is 0 Å². The van der Waals surface area contributed by atoms with Crippen molar-refractivity contribution in [3.63, 3.8) is 0 Å². The number of esters is 2. The van der Waals surface area contributed by atoms with E-state index in [-0.39, 0.29) is 23.0 Å². The molecule has 1 aromatic carbocycles. The minimum atomic E-state index is -0.774. The Hall–Kier alpha value is -2.42. The van der Waals surface area contributed by atoms with Crippen molar-refractivity contribution in [2.24, 2.45) is 11.8 Å². The molecule has 0 aliphatic carbocycles. The van der Waals surface area contributed by atoms with Gasteiger partial charge >= 0.3 is 11.9 Å². The second-order valence-corrected chi connectivity index (χ2v) is 8.91. The summed E-state index contributed by atoms with van der Waals surface area (Å²) in [6, 6.07) is 2.91. The fraction of sp³-hybridized carbons (Fsp3) is 0.545. The van der Waals surface area contributed by atoms with E-state index in [4.69, 9.17) is 9.47 Å². The first-order chi connectivity index (χ1) is 14.5. The standard InChI is InChI=1S/C22H31BrN2O6/c1-12(2)9-17(21(28)30-5)24-19(26)14-7-8-15(16(23)11-14)20(27)25-18(10-13(3)4)22(29)31-6/h7-8,11-13,17-18H,9-10H2,1-6H3,(H,24,26)(H,25,27)/t17-,18-/m0/s1. The van der Waals surface area contributed by atoms with Gasteiger partial charge in [0.15, 0.2) is 0 Å². The first kappa shape index (κ1) is 26.6. The molecule has 2 amide bonds. The highest BCUT2D eigenvalue weighted by molar-refractivity contribution is 9.10. The molecular formula is C22H31BrN2O6. The number of benzene rings is 1. The van der Waals surface area contributed by atoms with Crippen LogP contribution in [-0.4, -0.2) is 50.1 Å². The highest BCUT2D eigenvalue weighted by atomic mass is 79.9. The van der Waals surface area contributed by atoms with Gasteiger partial charge in [-0.2, -0.15) is 0 Å². The predicted octanol–water partition coefficient (Wildman–Crippen LogP) is 3.08. The summed E-state index contributed by atoms with van der Waals surface area (Å²) in [5.41, 5.74) is 0.536. The van der Waals surface area contributed by atoms with Gasteiger partial charge in [-0.25, -0.2) is 9.59 Å². The molecule has 0 aliphatic rings. The zero-order valence-electron chi connectivity index (χ0n) is 18.8. The van der Waals surface area contributed by atoms with Crippen LogP contribution in [0.3, 0.4) is 0 Å². The van der Waals surface area contributed by atoms with Crippen LogP contribution in [0.15, 0.2) is 22.7 Å². The highest BCUT2D eigenvalue weighted by Crippen LogP contribution is 2.20. The van der Waals surface area contributed by atoms with E-state index < -0.39 is 35.8 Å². The Morgan fingerprint density at radius 3 is 1.68 bits per heavy atom. The maximum absolute atomic E-state index is 12.7. The van der Waals surface area contributed by atoms with Crippen LogP contribution in [0.2, 0.25) is 0 Å². The van der Waals surface area contributed by atoms with Crippen LogP contribution < -0.4 is 10.6 Å². The van der Waals surface area contributed by atoms with Gasteiger partial charge in [0.1, 0.15) is 12.1 Å². The Balaban J connectivity index is 2.98. The zero-order chi connectivity index (χ0) is 23.7. The van der Waals surface area contributed by atoms with Crippen molar-refractivity contribution in [1.82, 2.24) is 10.6 Å². The molecule has 0 bridgehead atoms. The van der Waals surface area contributed by atoms with Crippen LogP contribution in [0, 0.1) is 11.8 Å². The summed E-state index contributed by atoms with van der Waals surface area (Å²) in [7, 11) is 2.54. The van der Waals surface area contributed by atoms with E-state index in [1.165, 1.54) is 32.4 Å². The van der Waals surface area contributed by atoms with E-state index in [2.05, 4.69) is 26.6 Å². The van der Waals surface area contributed by atoms with Gasteiger partial charge in [-0.15, -0.1) is 0 Å². The topological polar surface area (TPSA) is 111 Å². The third-order valence-electron chi connectivity index (χ3n) is 4.47. The Labute approximate surface area is 191 Å². The van der Waals surface area contributed by atoms with Gasteiger partial charge in [0.25, 0.3) is 11.8 Å². The second kappa shape index (κ2) is 12.4. The van der Waals surface area contributed by atoms with E-state index in [0.717, 1.165) is 0 Å². The van der Waals surface area contributed by atoms with Gasteiger partial charge in [0, 0.05) is 10.0 Å². The highest BCUT2D eigenvalue weighted by Gasteiger charge is 2.26. The summed E-state index contributed by atoms with van der Waals surface area (Å²) in [6.07, 6.45) is 0.867. The first-order valence-electron chi connectivity index (χ1n) is 10.1. The molecule has 0 spiro atoms. The van der Waals surface area contributed by atoms with Gasteiger partial charge < -0.3 is 20.1 Å². The van der Waals surface area contributed by atoms with Crippen molar-refractivity contribution in [3.8, 4) is 0 Å². The van der Waals surface area contributed by atoms with E-state index in [9.17, 15) is 19.2 Å². The van der Waals surface area contributed by atoms with Crippen LogP contribution >= 0.6 is 15.9 Å². The lowest BCUT2D eigenvalue weighted by atomic mass is 10.0. The number of methoxy groups -OCH3 is 2. The van der Waals surface area contributed by atoms with Crippen molar-refractivity contribution in [3.05, 3.63) is 33.8 Å². The van der Waals surface area contributed by atoms with Crippen molar-refractivity contribution >= 4 is 39.7 Å². The molecule has 0 saturated heterocycles. The minimum absolute atomic E-state index is 0.174. The summed E-state index contributed by atoms with van der Waals surface area (Å²) in [6.45, 7) is 7.75. The first-order valence-corrected chi connectivity index (χ1v) is 10.9. The van der Waals surface area contributed by atoms with E-state index in [1.54, 1.807) is 0 Å². The summed E-state index contributed by atoms with van der Waals surface area (Å²) in [5, 5.41) is 5.35. The quantitative estimate of drug-likeness (QED) is 0.479. The predicted molar refractivity (Wildman–Crippen MR) is 120 cm³/mol. The molecule has 0 saturated carbocycles. The fourth-order valence-electron chi connectivity index (χ4n) is 2.97. The van der Waals surface area contributed by atoms with E-state index in [1.807, 2.05) is 27.7 Å². The smallest absolute Gasteiger partial charge is 0.328 e. The number of carbonyl (C=O) groups excluding carboxylic acids is 4. The lowest BCUT2D eigenvalue weighted by Crippen LogP contribution is -2.43. The third-order valence-corrected chi connectivity index (χ3v) is 5.13. The van der Waals surface area contributed by atoms with Crippen molar-refractivity contribution in [2.45, 2.75) is 52.6 Å². The van der Waals surface area contributed by atoms with Gasteiger partial charge in [0.2, 0.25) is 0 Å². The summed E-state index contributed by atoms with van der Waals surface area (Å²) >= 11 is 3.31. The molecule has 8 nitrogen and oxygen atoms in total. The molecule has 9 heteroatoms. The number of hydrogen-bond acceptors (Lipinski definition) is 6. The number of ether oxygens (including phenoxy) is 2. The SMILES string of the molecule is COC(=O)[C@H](CC(C)C)NC(=O)c1ccc(C(=O)N[C@@H](CC(C)C)C(=O)OC)c(Br)c1. The maximum Gasteiger partial charge on any atom is 0.328 e. The Bertz CT molecular complexity index is 809. The van der Waals surface area contributed by atoms with Crippen molar-refractivity contribution < 1.29 is 28.7 Å². The van der Waals surface area contributed by atoms with Gasteiger partial charge in [-0.1, -0.05) is 27.7 Å². The van der Waals surface area contributed by atoms with Crippen LogP contribution in [0.1, 0.15) is 61.3 Å². The Morgan fingerprint density at radius 1 is 0.839 bits per heavy atom. The van der Waals surface area contributed by atoms with Crippen LogP contribution in [0.25, 0.3) is 0 Å². The average molecular weight is 499 g/mol. The summed E-state index contributed by atoms with van der Waals surface area (Å²) < 4.78 is 9.91. The lowest BCUT2D eigenvalue weighted by molar-refractivity contribution is -0.144. The van der Waals surface area contributed by atoms with Crippen molar-refractivity contribution in [1.29, 1.82) is 0 Å². The largest absolute Gasteiger partial charge is 0.467 e. The molecule has 0 aromatic heterocycles. The molecular weight excluding hydrogens is 468 g/mol. The van der Waals surface area contributed by atoms with E-state index in [0.29, 0.717) is 17.3 Å². The van der Waals surface area contributed by atoms with Gasteiger partial charge in [0.05, 0.1) is 19.8 Å². The molecule has 1 rings (SSSR count). The van der Waals surface area contributed by atoms with Crippen LogP contribution in [-0.2, 0) is 19.1 Å². The fourth-order valence-corrected chi connectivity index (χ4v) is 3.53. The maximum atomic E-state index is 12.7. The average Bonchev–Trinajstić information content (AvgIpc) is 2.70. The molecule has 2 atom stereocenters. The number of amides is 2. The second-order valence-electron chi connectivity index (χ2n) is 8.05. The zero-order valence-corrected chi connectivity index (χ0v) is 20.4. The number of halogens is 1. The molecule has 2 N–H and O–H groups in total. The van der Waals surface area contributed by atoms with Gasteiger partial charge in [-0.05, 0) is 58.8 Å². The Morgan fingerprint density at radius 2 is 1.29 bits per heavy atom. The molecule has 0 unspecified atom stereocenters. The molecule has 0 aliphatic heterocycles. The lowest BCUT2D eigenvalue weighted by Gasteiger charge is -2.19. The molecule has 0 fully saturated rings. The summed E-state index contributed by atoms with van der Waals surface area (Å²) in [5.74, 6) is -1.62. The molecule has 1 aromatic rings. The number of hydrogen-bond donors (Lipinski definition) is 2. The third kappa shape index (κ3) is 8.32. The molecule has 172 valence electrons. The number of nitrogens with one attached hydrogen (secondary N) is 2. The number of rotatable bonds is 10. The van der Waals surface area contributed by atoms with Gasteiger partial charge in [-0.3, -0.25) is 9.59 Å². The summed E-state index contributed by atoms with van der Waals surface area (Å²) in [4.78, 5) is 49.2. The molecule has 31 heavy (non-hydrogen) atoms.